The van der Waals surface area contributed by atoms with Crippen LogP contribution in [-0.2, 0) is 0 Å². The molecule has 30 heavy (non-hydrogen) atoms. The molecule has 5 nitrogen and oxygen atoms in total. The van der Waals surface area contributed by atoms with Crippen LogP contribution in [0.2, 0.25) is 5.02 Å². The second-order valence-electron chi connectivity index (χ2n) is 7.55. The van der Waals surface area contributed by atoms with Crippen molar-refractivity contribution < 1.29 is 13.9 Å². The number of hydrogen-bond donors (Lipinski definition) is 0. The molecule has 1 aromatic heterocycles. The van der Waals surface area contributed by atoms with Crippen molar-refractivity contribution >= 4 is 17.3 Å². The molecule has 0 N–H and O–H groups in total. The molecule has 2 aliphatic rings. The van der Waals surface area contributed by atoms with Crippen LogP contribution in [0.4, 0.5) is 0 Å². The molecule has 2 aromatic carbocycles. The Balaban J connectivity index is 1.47. The average Bonchev–Trinajstić information content (AvgIpc) is 3.44. The van der Waals surface area contributed by atoms with Crippen molar-refractivity contribution in [2.75, 3.05) is 6.61 Å². The predicted octanol–water partition coefficient (Wildman–Crippen LogP) is 6.35. The molecule has 2 atom stereocenters. The maximum Gasteiger partial charge on any atom is 0.213 e. The van der Waals surface area contributed by atoms with E-state index in [1.165, 1.54) is 0 Å². The molecule has 154 valence electrons. The predicted molar refractivity (Wildman–Crippen MR) is 116 cm³/mol. The first-order valence-corrected chi connectivity index (χ1v) is 10.7. The molecule has 2 aliphatic heterocycles. The van der Waals surface area contributed by atoms with Crippen LogP contribution in [-0.4, -0.2) is 17.3 Å². The van der Waals surface area contributed by atoms with Crippen LogP contribution >= 0.6 is 11.6 Å². The van der Waals surface area contributed by atoms with Crippen molar-refractivity contribution in [1.82, 2.24) is 5.01 Å². The SMILES string of the molecule is CCCCOc1ccc(C2Oc3ccc(Cl)cc3C3CC(c4ccco4)=NN32)cc1. The molecule has 0 spiro atoms. The highest BCUT2D eigenvalue weighted by Gasteiger charge is 2.41. The van der Waals surface area contributed by atoms with E-state index >= 15 is 0 Å². The van der Waals surface area contributed by atoms with E-state index in [4.69, 9.17) is 30.6 Å². The van der Waals surface area contributed by atoms with Gasteiger partial charge in [0.05, 0.1) is 18.9 Å². The largest absolute Gasteiger partial charge is 0.494 e. The summed E-state index contributed by atoms with van der Waals surface area (Å²) in [5.74, 6) is 2.49. The number of hydrogen-bond acceptors (Lipinski definition) is 5. The third-order valence-electron chi connectivity index (χ3n) is 5.49. The maximum absolute atomic E-state index is 6.38. The first-order valence-electron chi connectivity index (χ1n) is 10.3. The van der Waals surface area contributed by atoms with Gasteiger partial charge in [0.15, 0.2) is 0 Å². The van der Waals surface area contributed by atoms with Crippen molar-refractivity contribution in [3.05, 3.63) is 82.8 Å². The van der Waals surface area contributed by atoms with Gasteiger partial charge in [0.2, 0.25) is 6.23 Å². The molecule has 6 heteroatoms. The van der Waals surface area contributed by atoms with Crippen molar-refractivity contribution in [2.45, 2.75) is 38.5 Å². The Morgan fingerprint density at radius 2 is 2.03 bits per heavy atom. The Kier molecular flexibility index (Phi) is 5.13. The van der Waals surface area contributed by atoms with Crippen LogP contribution in [0.15, 0.2) is 70.4 Å². The van der Waals surface area contributed by atoms with Gasteiger partial charge in [0.25, 0.3) is 0 Å². The Morgan fingerprint density at radius 3 is 2.80 bits per heavy atom. The molecule has 3 aromatic rings. The summed E-state index contributed by atoms with van der Waals surface area (Å²) in [4.78, 5) is 0. The molecule has 0 bridgehead atoms. The Morgan fingerprint density at radius 1 is 1.17 bits per heavy atom. The highest BCUT2D eigenvalue weighted by molar-refractivity contribution is 6.30. The summed E-state index contributed by atoms with van der Waals surface area (Å²) in [5.41, 5.74) is 2.97. The van der Waals surface area contributed by atoms with Gasteiger partial charge in [0, 0.05) is 22.6 Å². The summed E-state index contributed by atoms with van der Waals surface area (Å²) >= 11 is 6.28. The molecular formula is C24H23ClN2O3. The third-order valence-corrected chi connectivity index (χ3v) is 5.72. The van der Waals surface area contributed by atoms with Gasteiger partial charge in [-0.15, -0.1) is 0 Å². The summed E-state index contributed by atoms with van der Waals surface area (Å²) in [6.45, 7) is 2.89. The quantitative estimate of drug-likeness (QED) is 0.434. The molecule has 0 amide bonds. The van der Waals surface area contributed by atoms with Crippen LogP contribution < -0.4 is 9.47 Å². The van der Waals surface area contributed by atoms with E-state index in [0.717, 1.165) is 60.0 Å². The molecular weight excluding hydrogens is 400 g/mol. The summed E-state index contributed by atoms with van der Waals surface area (Å²) in [6, 6.07) is 17.7. The minimum Gasteiger partial charge on any atom is -0.494 e. The van der Waals surface area contributed by atoms with Gasteiger partial charge < -0.3 is 13.9 Å². The number of rotatable bonds is 6. The van der Waals surface area contributed by atoms with E-state index in [1.807, 2.05) is 59.6 Å². The van der Waals surface area contributed by atoms with Crippen LogP contribution in [0.3, 0.4) is 0 Å². The van der Waals surface area contributed by atoms with Crippen molar-refractivity contribution in [3.63, 3.8) is 0 Å². The normalized spacial score (nSPS) is 19.7. The number of halogens is 1. The number of hydrazone groups is 1. The second-order valence-corrected chi connectivity index (χ2v) is 7.98. The number of furan rings is 1. The molecule has 2 unspecified atom stereocenters. The molecule has 3 heterocycles. The van der Waals surface area contributed by atoms with E-state index in [0.29, 0.717) is 5.02 Å². The Hall–Kier alpha value is -2.92. The maximum atomic E-state index is 6.38. The molecule has 5 rings (SSSR count). The second kappa shape index (κ2) is 8.07. The smallest absolute Gasteiger partial charge is 0.213 e. The van der Waals surface area contributed by atoms with E-state index in [2.05, 4.69) is 6.92 Å². The average molecular weight is 423 g/mol. The molecule has 0 saturated heterocycles. The Bertz CT molecular complexity index is 1050. The molecule has 0 aliphatic carbocycles. The minimum atomic E-state index is -0.333. The van der Waals surface area contributed by atoms with Gasteiger partial charge in [-0.3, -0.25) is 0 Å². The summed E-state index contributed by atoms with van der Waals surface area (Å²) in [5, 5.41) is 7.59. The zero-order valence-electron chi connectivity index (χ0n) is 16.8. The van der Waals surface area contributed by atoms with Gasteiger partial charge in [-0.05, 0) is 61.0 Å². The number of unbranched alkanes of at least 4 members (excludes halogenated alkanes) is 1. The molecule has 0 radical (unpaired) electrons. The van der Waals surface area contributed by atoms with E-state index in [-0.39, 0.29) is 12.3 Å². The van der Waals surface area contributed by atoms with E-state index < -0.39 is 0 Å². The molecule has 0 saturated carbocycles. The third kappa shape index (κ3) is 3.54. The van der Waals surface area contributed by atoms with Crippen LogP contribution in [0, 0.1) is 0 Å². The molecule has 0 fully saturated rings. The summed E-state index contributed by atoms with van der Waals surface area (Å²) < 4.78 is 17.8. The van der Waals surface area contributed by atoms with Gasteiger partial charge in [0.1, 0.15) is 23.0 Å². The first kappa shape index (κ1) is 19.1. The van der Waals surface area contributed by atoms with E-state index in [1.54, 1.807) is 6.26 Å². The summed E-state index contributed by atoms with van der Waals surface area (Å²) in [7, 11) is 0. The first-order chi connectivity index (χ1) is 14.7. The van der Waals surface area contributed by atoms with Crippen molar-refractivity contribution in [2.24, 2.45) is 5.10 Å². The van der Waals surface area contributed by atoms with Crippen LogP contribution in [0.5, 0.6) is 11.5 Å². The Labute approximate surface area is 180 Å². The lowest BCUT2D eigenvalue weighted by Crippen LogP contribution is -2.33. The van der Waals surface area contributed by atoms with Crippen LogP contribution in [0.25, 0.3) is 0 Å². The minimum absolute atomic E-state index is 0.0398. The van der Waals surface area contributed by atoms with Gasteiger partial charge >= 0.3 is 0 Å². The number of fused-ring (bicyclic) bond motifs is 3. The lowest BCUT2D eigenvalue weighted by atomic mass is 9.97. The fraction of sp³-hybridized carbons (Fsp3) is 0.292. The standard InChI is InChI=1S/C24H23ClN2O3/c1-2-3-12-28-18-9-6-16(7-10-18)24-27-21(15-20(26-27)23-5-4-13-29-23)19-14-17(25)8-11-22(19)30-24/h4-11,13-14,21,24H,2-3,12,15H2,1H3. The van der Waals surface area contributed by atoms with Crippen molar-refractivity contribution in [3.8, 4) is 11.5 Å². The van der Waals surface area contributed by atoms with E-state index in [9.17, 15) is 0 Å². The highest BCUT2D eigenvalue weighted by Crippen LogP contribution is 2.48. The fourth-order valence-corrected chi connectivity index (χ4v) is 4.11. The number of ether oxygens (including phenoxy) is 2. The summed E-state index contributed by atoms with van der Waals surface area (Å²) in [6.07, 6.45) is 4.24. The fourth-order valence-electron chi connectivity index (χ4n) is 3.93. The lowest BCUT2D eigenvalue weighted by Gasteiger charge is -2.38. The van der Waals surface area contributed by atoms with Gasteiger partial charge in [-0.25, -0.2) is 5.01 Å². The highest BCUT2D eigenvalue weighted by atomic mass is 35.5. The van der Waals surface area contributed by atoms with Gasteiger partial charge in [-0.2, -0.15) is 5.10 Å². The van der Waals surface area contributed by atoms with Gasteiger partial charge in [-0.1, -0.05) is 24.9 Å². The zero-order valence-corrected chi connectivity index (χ0v) is 17.5. The zero-order chi connectivity index (χ0) is 20.5. The number of benzene rings is 2. The number of nitrogens with zero attached hydrogens (tertiary/aromatic N) is 2. The lowest BCUT2D eigenvalue weighted by molar-refractivity contribution is -0.0190. The van der Waals surface area contributed by atoms with Crippen molar-refractivity contribution in [1.29, 1.82) is 0 Å². The topological polar surface area (TPSA) is 47.2 Å². The van der Waals surface area contributed by atoms with Crippen LogP contribution in [0.1, 0.15) is 55.3 Å². The monoisotopic (exact) mass is 422 g/mol.